The van der Waals surface area contributed by atoms with Gasteiger partial charge in [0.25, 0.3) is 0 Å². The topological polar surface area (TPSA) is 79.1 Å². The van der Waals surface area contributed by atoms with Crippen molar-refractivity contribution in [2.24, 2.45) is 0 Å². The molecule has 7 nitrogen and oxygen atoms in total. The molecule has 4 rings (SSSR count). The minimum atomic E-state index is -0.512. The van der Waals surface area contributed by atoms with Gasteiger partial charge in [0.2, 0.25) is 5.78 Å². The van der Waals surface area contributed by atoms with Gasteiger partial charge in [-0.1, -0.05) is 28.1 Å². The fraction of sp³-hybridized carbons (Fsp3) is 0.160. The molecule has 0 bridgehead atoms. The van der Waals surface area contributed by atoms with Crippen LogP contribution in [0.15, 0.2) is 65.4 Å². The molecule has 4 aromatic rings. The number of nitrogens with zero attached hydrogens (tertiary/aromatic N) is 2. The van der Waals surface area contributed by atoms with Gasteiger partial charge in [0.1, 0.15) is 17.8 Å². The number of benzene rings is 2. The summed E-state index contributed by atoms with van der Waals surface area (Å²) in [6.07, 6.45) is 1.53. The molecule has 2 aromatic carbocycles. The first-order valence-electron chi connectivity index (χ1n) is 10.2. The monoisotopic (exact) mass is 508 g/mol. The van der Waals surface area contributed by atoms with E-state index in [0.717, 1.165) is 10.0 Å². The van der Waals surface area contributed by atoms with Crippen molar-refractivity contribution in [1.29, 1.82) is 0 Å². The van der Waals surface area contributed by atoms with E-state index >= 15 is 0 Å². The lowest BCUT2D eigenvalue weighted by Crippen LogP contribution is -2.06. The normalized spacial score (nSPS) is 10.8. The molecular formula is C25H21BrN2O5. The van der Waals surface area contributed by atoms with E-state index in [2.05, 4.69) is 20.9 Å². The first kappa shape index (κ1) is 22.5. The van der Waals surface area contributed by atoms with Crippen LogP contribution in [0.3, 0.4) is 0 Å². The minimum absolute atomic E-state index is 0.218. The molecular weight excluding hydrogens is 488 g/mol. The van der Waals surface area contributed by atoms with Crippen molar-refractivity contribution in [3.8, 4) is 22.8 Å². The summed E-state index contributed by atoms with van der Waals surface area (Å²) in [4.78, 5) is 30.5. The molecule has 0 aliphatic heterocycles. The summed E-state index contributed by atoms with van der Waals surface area (Å²) in [6, 6.07) is 15.8. The lowest BCUT2D eigenvalue weighted by molar-refractivity contribution is 0.0529. The van der Waals surface area contributed by atoms with Crippen molar-refractivity contribution < 1.29 is 23.8 Å². The van der Waals surface area contributed by atoms with Crippen molar-refractivity contribution in [3.05, 3.63) is 82.2 Å². The fourth-order valence-electron chi connectivity index (χ4n) is 3.58. The van der Waals surface area contributed by atoms with Crippen molar-refractivity contribution in [1.82, 2.24) is 9.38 Å². The summed E-state index contributed by atoms with van der Waals surface area (Å²) < 4.78 is 18.4. The highest BCUT2D eigenvalue weighted by atomic mass is 79.9. The number of carbonyl (C=O) groups excluding carboxylic acids is 2. The van der Waals surface area contributed by atoms with Crippen LogP contribution < -0.4 is 9.47 Å². The maximum Gasteiger partial charge on any atom is 0.340 e. The van der Waals surface area contributed by atoms with E-state index in [1.165, 1.54) is 6.33 Å². The Bertz CT molecular complexity index is 1360. The quantitative estimate of drug-likeness (QED) is 0.252. The second-order valence-electron chi connectivity index (χ2n) is 7.10. The molecule has 0 saturated carbocycles. The summed E-state index contributed by atoms with van der Waals surface area (Å²) in [7, 11) is 3.14. The van der Waals surface area contributed by atoms with E-state index in [9.17, 15) is 9.59 Å². The molecule has 2 aromatic heterocycles. The van der Waals surface area contributed by atoms with E-state index in [1.807, 2.05) is 12.1 Å². The van der Waals surface area contributed by atoms with Crippen molar-refractivity contribution in [2.75, 3.05) is 20.8 Å². The predicted molar refractivity (Wildman–Crippen MR) is 127 cm³/mol. The number of halogens is 1. The number of methoxy groups -OCH3 is 2. The van der Waals surface area contributed by atoms with E-state index in [1.54, 1.807) is 68.0 Å². The van der Waals surface area contributed by atoms with Gasteiger partial charge in [0, 0.05) is 21.7 Å². The maximum absolute atomic E-state index is 13.3. The van der Waals surface area contributed by atoms with Gasteiger partial charge in [0.05, 0.1) is 43.3 Å². The van der Waals surface area contributed by atoms with Crippen molar-refractivity contribution in [2.45, 2.75) is 6.92 Å². The van der Waals surface area contributed by atoms with Gasteiger partial charge in [0.15, 0.2) is 0 Å². The molecule has 0 spiro atoms. The summed E-state index contributed by atoms with van der Waals surface area (Å²) in [5.41, 5.74) is 2.89. The zero-order valence-corrected chi connectivity index (χ0v) is 19.9. The Morgan fingerprint density at radius 1 is 1.03 bits per heavy atom. The number of esters is 1. The molecule has 8 heteroatoms. The second-order valence-corrected chi connectivity index (χ2v) is 8.01. The fourth-order valence-corrected chi connectivity index (χ4v) is 3.98. The molecule has 0 saturated heterocycles. The molecule has 0 aliphatic rings. The van der Waals surface area contributed by atoms with Crippen LogP contribution in [-0.2, 0) is 4.74 Å². The highest BCUT2D eigenvalue weighted by molar-refractivity contribution is 9.10. The van der Waals surface area contributed by atoms with E-state index in [4.69, 9.17) is 14.2 Å². The van der Waals surface area contributed by atoms with Gasteiger partial charge in [-0.25, -0.2) is 9.78 Å². The Hall–Kier alpha value is -3.65. The van der Waals surface area contributed by atoms with Crippen molar-refractivity contribution >= 4 is 33.2 Å². The molecule has 0 unspecified atom stereocenters. The molecule has 0 radical (unpaired) electrons. The molecule has 0 atom stereocenters. The summed E-state index contributed by atoms with van der Waals surface area (Å²) >= 11 is 3.39. The highest BCUT2D eigenvalue weighted by Crippen LogP contribution is 2.33. The minimum Gasteiger partial charge on any atom is -0.497 e. The van der Waals surface area contributed by atoms with Crippen LogP contribution in [0.25, 0.3) is 16.8 Å². The van der Waals surface area contributed by atoms with Crippen LogP contribution in [0.2, 0.25) is 0 Å². The number of rotatable bonds is 7. The Labute approximate surface area is 199 Å². The standard InChI is InChI=1S/C25H21BrN2O5/c1-4-33-25(30)19-12-22(24(29)15-6-5-7-16(26)10-15)28-14-27-20(13-21(19)28)18-9-8-17(31-2)11-23(18)32-3/h5-14H,4H2,1-3H3. The average Bonchev–Trinajstić information content (AvgIpc) is 3.22. The number of hydrogen-bond acceptors (Lipinski definition) is 6. The van der Waals surface area contributed by atoms with E-state index in [0.29, 0.717) is 34.0 Å². The van der Waals surface area contributed by atoms with Crippen LogP contribution in [-0.4, -0.2) is 42.0 Å². The number of fused-ring (bicyclic) bond motifs is 1. The largest absolute Gasteiger partial charge is 0.497 e. The molecule has 2 heterocycles. The Morgan fingerprint density at radius 2 is 1.85 bits per heavy atom. The summed E-state index contributed by atoms with van der Waals surface area (Å²) in [6.45, 7) is 1.95. The van der Waals surface area contributed by atoms with Crippen LogP contribution >= 0.6 is 15.9 Å². The summed E-state index contributed by atoms with van der Waals surface area (Å²) in [5.74, 6) is 0.468. The average molecular weight is 509 g/mol. The lowest BCUT2D eigenvalue weighted by Gasteiger charge is -2.11. The number of carbonyl (C=O) groups is 2. The van der Waals surface area contributed by atoms with Gasteiger partial charge in [-0.3, -0.25) is 9.20 Å². The van der Waals surface area contributed by atoms with E-state index in [-0.39, 0.29) is 18.0 Å². The van der Waals surface area contributed by atoms with Crippen LogP contribution in [0.5, 0.6) is 11.5 Å². The van der Waals surface area contributed by atoms with Crippen LogP contribution in [0, 0.1) is 0 Å². The predicted octanol–water partition coefficient (Wildman–Crippen LogP) is 5.19. The van der Waals surface area contributed by atoms with Gasteiger partial charge in [-0.2, -0.15) is 0 Å². The molecule has 0 N–H and O–H groups in total. The zero-order valence-electron chi connectivity index (χ0n) is 18.3. The van der Waals surface area contributed by atoms with E-state index < -0.39 is 5.97 Å². The van der Waals surface area contributed by atoms with Crippen LogP contribution in [0.1, 0.15) is 33.3 Å². The Balaban J connectivity index is 1.89. The Kier molecular flexibility index (Phi) is 6.46. The molecule has 0 fully saturated rings. The third-order valence-corrected chi connectivity index (χ3v) is 5.65. The first-order chi connectivity index (χ1) is 16.0. The first-order valence-corrected chi connectivity index (χ1v) is 11.0. The molecule has 0 amide bonds. The third-order valence-electron chi connectivity index (χ3n) is 5.16. The molecule has 0 aliphatic carbocycles. The highest BCUT2D eigenvalue weighted by Gasteiger charge is 2.23. The van der Waals surface area contributed by atoms with Gasteiger partial charge in [-0.05, 0) is 43.3 Å². The van der Waals surface area contributed by atoms with Gasteiger partial charge in [-0.15, -0.1) is 0 Å². The molecule has 33 heavy (non-hydrogen) atoms. The zero-order chi connectivity index (χ0) is 23.5. The third kappa shape index (κ3) is 4.34. The van der Waals surface area contributed by atoms with Gasteiger partial charge < -0.3 is 14.2 Å². The van der Waals surface area contributed by atoms with Gasteiger partial charge >= 0.3 is 5.97 Å². The number of hydrogen-bond donors (Lipinski definition) is 0. The van der Waals surface area contributed by atoms with Crippen molar-refractivity contribution in [3.63, 3.8) is 0 Å². The SMILES string of the molecule is CCOC(=O)c1cc(C(=O)c2cccc(Br)c2)n2cnc(-c3ccc(OC)cc3OC)cc12. The Morgan fingerprint density at radius 3 is 2.55 bits per heavy atom. The number of aromatic nitrogens is 2. The lowest BCUT2D eigenvalue weighted by atomic mass is 10.1. The smallest absolute Gasteiger partial charge is 0.340 e. The summed E-state index contributed by atoms with van der Waals surface area (Å²) in [5, 5.41) is 0. The maximum atomic E-state index is 13.3. The number of ether oxygens (including phenoxy) is 3. The van der Waals surface area contributed by atoms with Crippen LogP contribution in [0.4, 0.5) is 0 Å². The number of ketones is 1. The molecule has 168 valence electrons. The second kappa shape index (κ2) is 9.46.